The fourth-order valence-corrected chi connectivity index (χ4v) is 1.25. The lowest BCUT2D eigenvalue weighted by atomic mass is 10.2. The van der Waals surface area contributed by atoms with Crippen molar-refractivity contribution in [3.63, 3.8) is 0 Å². The summed E-state index contributed by atoms with van der Waals surface area (Å²) in [6.07, 6.45) is 2.33. The van der Waals surface area contributed by atoms with Crippen LogP contribution >= 0.6 is 11.6 Å². The predicted octanol–water partition coefficient (Wildman–Crippen LogP) is 0.634. The molecule has 1 rings (SSSR count). The van der Waals surface area contributed by atoms with Crippen LogP contribution in [0.2, 0.25) is 5.15 Å². The van der Waals surface area contributed by atoms with Gasteiger partial charge in [0.25, 0.3) is 5.96 Å². The second kappa shape index (κ2) is 6.64. The molecule has 92 valence electrons. The standard InChI is InChI=1S/C9H12ClN5O2/c1-11-9(14-15(16)17)12-5-4-7-2-3-8(10)13-6-7/h2-3,6H,4-5H2,1H3,(H2,11,12,14). The quantitative estimate of drug-likeness (QED) is 0.271. The van der Waals surface area contributed by atoms with Crippen LogP contribution in [0.5, 0.6) is 0 Å². The largest absolute Gasteiger partial charge is 0.354 e. The third-order valence-electron chi connectivity index (χ3n) is 1.91. The third-order valence-corrected chi connectivity index (χ3v) is 2.14. The molecule has 2 N–H and O–H groups in total. The number of nitro groups is 1. The van der Waals surface area contributed by atoms with E-state index in [0.29, 0.717) is 18.1 Å². The molecule has 0 aliphatic rings. The van der Waals surface area contributed by atoms with E-state index in [2.05, 4.69) is 20.7 Å². The molecule has 0 radical (unpaired) electrons. The Morgan fingerprint density at radius 2 is 2.41 bits per heavy atom. The van der Waals surface area contributed by atoms with E-state index in [4.69, 9.17) is 11.6 Å². The van der Waals surface area contributed by atoms with Crippen LogP contribution in [0.15, 0.2) is 23.4 Å². The SMILES string of the molecule is CN/C(=N\[N+](=O)[O-])NCCc1ccc(Cl)nc1. The Labute approximate surface area is 103 Å². The highest BCUT2D eigenvalue weighted by Crippen LogP contribution is 2.05. The van der Waals surface area contributed by atoms with E-state index >= 15 is 0 Å². The summed E-state index contributed by atoms with van der Waals surface area (Å²) >= 11 is 5.65. The minimum absolute atomic E-state index is 0.122. The molecule has 0 atom stereocenters. The summed E-state index contributed by atoms with van der Waals surface area (Å²) in [7, 11) is 1.55. The molecule has 8 heteroatoms. The number of aromatic nitrogens is 1. The molecule has 0 saturated heterocycles. The lowest BCUT2D eigenvalue weighted by Crippen LogP contribution is -2.36. The van der Waals surface area contributed by atoms with Crippen LogP contribution in [-0.2, 0) is 6.42 Å². The van der Waals surface area contributed by atoms with Crippen LogP contribution in [0.1, 0.15) is 5.56 Å². The summed E-state index contributed by atoms with van der Waals surface area (Å²) in [5.74, 6) is 0.122. The van der Waals surface area contributed by atoms with Crippen molar-refractivity contribution in [3.8, 4) is 0 Å². The zero-order chi connectivity index (χ0) is 12.7. The van der Waals surface area contributed by atoms with E-state index < -0.39 is 5.03 Å². The molecule has 0 unspecified atom stereocenters. The lowest BCUT2D eigenvalue weighted by Gasteiger charge is -2.05. The topological polar surface area (TPSA) is 92.5 Å². The number of pyridine rings is 1. The smallest absolute Gasteiger partial charge is 0.268 e. The van der Waals surface area contributed by atoms with Crippen molar-refractivity contribution in [3.05, 3.63) is 39.2 Å². The van der Waals surface area contributed by atoms with Gasteiger partial charge in [-0.3, -0.25) is 0 Å². The van der Waals surface area contributed by atoms with Gasteiger partial charge in [0.2, 0.25) is 0 Å². The fraction of sp³-hybridized carbons (Fsp3) is 0.333. The van der Waals surface area contributed by atoms with E-state index in [1.54, 1.807) is 19.3 Å². The first-order valence-corrected chi connectivity index (χ1v) is 5.24. The molecule has 0 spiro atoms. The van der Waals surface area contributed by atoms with Gasteiger partial charge in [-0.1, -0.05) is 17.7 Å². The number of guanidine groups is 1. The minimum atomic E-state index is -0.761. The predicted molar refractivity (Wildman–Crippen MR) is 64.4 cm³/mol. The number of nitrogens with one attached hydrogen (secondary N) is 2. The lowest BCUT2D eigenvalue weighted by molar-refractivity contribution is -0.485. The molecule has 1 heterocycles. The van der Waals surface area contributed by atoms with Crippen LogP contribution in [-0.4, -0.2) is 29.6 Å². The summed E-state index contributed by atoms with van der Waals surface area (Å²) in [5, 5.41) is 18.3. The van der Waals surface area contributed by atoms with Gasteiger partial charge in [-0.25, -0.2) is 15.1 Å². The molecule has 7 nitrogen and oxygen atoms in total. The van der Waals surface area contributed by atoms with Crippen LogP contribution in [0.4, 0.5) is 0 Å². The molecule has 0 aliphatic heterocycles. The molecule has 17 heavy (non-hydrogen) atoms. The van der Waals surface area contributed by atoms with Gasteiger partial charge in [0.15, 0.2) is 5.03 Å². The highest BCUT2D eigenvalue weighted by molar-refractivity contribution is 6.29. The highest BCUT2D eigenvalue weighted by atomic mass is 35.5. The molecule has 1 aromatic heterocycles. The number of hydrogen-bond acceptors (Lipinski definition) is 3. The van der Waals surface area contributed by atoms with Crippen LogP contribution in [0, 0.1) is 10.1 Å². The number of rotatable bonds is 4. The van der Waals surface area contributed by atoms with Crippen LogP contribution in [0.25, 0.3) is 0 Å². The molecule has 0 amide bonds. The summed E-state index contributed by atoms with van der Waals surface area (Å²) < 4.78 is 0. The van der Waals surface area contributed by atoms with Crippen molar-refractivity contribution in [2.24, 2.45) is 5.10 Å². The zero-order valence-corrected chi connectivity index (χ0v) is 9.94. The third kappa shape index (κ3) is 5.12. The van der Waals surface area contributed by atoms with Gasteiger partial charge in [0.1, 0.15) is 10.3 Å². The monoisotopic (exact) mass is 257 g/mol. The Kier molecular flexibility index (Phi) is 5.15. The highest BCUT2D eigenvalue weighted by Gasteiger charge is 2.01. The van der Waals surface area contributed by atoms with Crippen molar-refractivity contribution in [1.82, 2.24) is 15.6 Å². The molecule has 0 fully saturated rings. The molecule has 1 aromatic rings. The first-order valence-electron chi connectivity index (χ1n) is 4.87. The van der Waals surface area contributed by atoms with Gasteiger partial charge in [0.05, 0.1) is 0 Å². The Balaban J connectivity index is 2.41. The molecule has 0 bridgehead atoms. The second-order valence-corrected chi connectivity index (χ2v) is 3.49. The maximum atomic E-state index is 10.2. The zero-order valence-electron chi connectivity index (χ0n) is 9.18. The van der Waals surface area contributed by atoms with Crippen molar-refractivity contribution < 1.29 is 5.03 Å². The van der Waals surface area contributed by atoms with Crippen molar-refractivity contribution in [1.29, 1.82) is 0 Å². The fourth-order valence-electron chi connectivity index (χ4n) is 1.13. The van der Waals surface area contributed by atoms with Crippen LogP contribution < -0.4 is 10.6 Å². The number of halogens is 1. The van der Waals surface area contributed by atoms with Gasteiger partial charge in [-0.05, 0) is 18.1 Å². The van der Waals surface area contributed by atoms with Gasteiger partial charge in [0, 0.05) is 19.8 Å². The van der Waals surface area contributed by atoms with E-state index in [1.807, 2.05) is 6.07 Å². The van der Waals surface area contributed by atoms with Gasteiger partial charge >= 0.3 is 0 Å². The second-order valence-electron chi connectivity index (χ2n) is 3.10. The van der Waals surface area contributed by atoms with Crippen molar-refractivity contribution in [2.75, 3.05) is 13.6 Å². The average molecular weight is 258 g/mol. The van der Waals surface area contributed by atoms with E-state index in [1.165, 1.54) is 0 Å². The number of hydrazone groups is 1. The maximum absolute atomic E-state index is 10.2. The van der Waals surface area contributed by atoms with Crippen LogP contribution in [0.3, 0.4) is 0 Å². The Morgan fingerprint density at radius 1 is 1.65 bits per heavy atom. The average Bonchev–Trinajstić information content (AvgIpc) is 2.30. The molecular formula is C9H12ClN5O2. The maximum Gasteiger partial charge on any atom is 0.268 e. The molecular weight excluding hydrogens is 246 g/mol. The minimum Gasteiger partial charge on any atom is -0.354 e. The van der Waals surface area contributed by atoms with Crippen molar-refractivity contribution >= 4 is 17.6 Å². The summed E-state index contributed by atoms with van der Waals surface area (Å²) in [5.41, 5.74) is 0.985. The van der Waals surface area contributed by atoms with Crippen molar-refractivity contribution in [2.45, 2.75) is 6.42 Å². The van der Waals surface area contributed by atoms with Gasteiger partial charge in [-0.15, -0.1) is 0 Å². The number of nitrogens with zero attached hydrogens (tertiary/aromatic N) is 3. The Hall–Kier alpha value is -1.89. The van der Waals surface area contributed by atoms with E-state index in [9.17, 15) is 10.1 Å². The first-order chi connectivity index (χ1) is 8.11. The molecule has 0 saturated carbocycles. The summed E-state index contributed by atoms with van der Waals surface area (Å²) in [6.45, 7) is 0.511. The molecule has 0 aromatic carbocycles. The van der Waals surface area contributed by atoms with Gasteiger partial charge in [-0.2, -0.15) is 0 Å². The van der Waals surface area contributed by atoms with E-state index in [0.717, 1.165) is 5.56 Å². The van der Waals surface area contributed by atoms with Gasteiger partial charge < -0.3 is 10.6 Å². The normalized spacial score (nSPS) is 11.1. The first kappa shape index (κ1) is 13.2. The summed E-state index contributed by atoms with van der Waals surface area (Å²) in [4.78, 5) is 14.1. The van der Waals surface area contributed by atoms with E-state index in [-0.39, 0.29) is 5.96 Å². The molecule has 0 aliphatic carbocycles. The summed E-state index contributed by atoms with van der Waals surface area (Å²) in [6, 6.07) is 3.54. The number of hydrogen-bond donors (Lipinski definition) is 2. The Bertz CT molecular complexity index is 406. The Morgan fingerprint density at radius 3 is 2.94 bits per heavy atom.